The van der Waals surface area contributed by atoms with Crippen molar-refractivity contribution in [2.24, 2.45) is 0 Å². The Bertz CT molecular complexity index is 413. The van der Waals surface area contributed by atoms with Crippen LogP contribution >= 0.6 is 15.9 Å². The number of benzene rings is 1. The minimum absolute atomic E-state index is 0.683. The van der Waals surface area contributed by atoms with Crippen LogP contribution in [0.15, 0.2) is 28.7 Å². The van der Waals surface area contributed by atoms with Crippen LogP contribution in [-0.4, -0.2) is 53.2 Å². The summed E-state index contributed by atoms with van der Waals surface area (Å²) in [6, 6.07) is 8.14. The molecule has 104 valence electrons. The first-order valence-electron chi connectivity index (χ1n) is 6.69. The molecule has 3 aliphatic heterocycles. The van der Waals surface area contributed by atoms with Crippen LogP contribution in [0.25, 0.3) is 0 Å². The van der Waals surface area contributed by atoms with E-state index in [1.165, 1.54) is 0 Å². The van der Waals surface area contributed by atoms with Crippen LogP contribution < -0.4 is 5.19 Å². The molecule has 3 saturated heterocycles. The van der Waals surface area contributed by atoms with Gasteiger partial charge in [-0.25, -0.2) is 0 Å². The minimum Gasteiger partial charge on any atom is -0.370 e. The van der Waals surface area contributed by atoms with Crippen molar-refractivity contribution in [3.63, 3.8) is 0 Å². The smallest absolute Gasteiger partial charge is 0.370 e. The zero-order valence-electron chi connectivity index (χ0n) is 10.8. The SMILES string of the molecule is Brc1ccc([Si]23OCCCN(CCO2)CCO3)cc1. The first-order chi connectivity index (χ1) is 9.28. The molecule has 4 nitrogen and oxygen atoms in total. The van der Waals surface area contributed by atoms with E-state index in [1.54, 1.807) is 0 Å². The molecule has 0 radical (unpaired) electrons. The van der Waals surface area contributed by atoms with Crippen LogP contribution in [-0.2, 0) is 13.3 Å². The van der Waals surface area contributed by atoms with Crippen molar-refractivity contribution < 1.29 is 13.3 Å². The van der Waals surface area contributed by atoms with E-state index in [0.717, 1.165) is 35.7 Å². The summed E-state index contributed by atoms with van der Waals surface area (Å²) in [5, 5.41) is 1.06. The lowest BCUT2D eigenvalue weighted by atomic mass is 10.4. The molecule has 0 aliphatic carbocycles. The highest BCUT2D eigenvalue weighted by molar-refractivity contribution is 9.10. The van der Waals surface area contributed by atoms with Crippen LogP contribution in [0.2, 0.25) is 0 Å². The molecule has 1 aromatic rings. The summed E-state index contributed by atoms with van der Waals surface area (Å²) < 4.78 is 19.3. The van der Waals surface area contributed by atoms with E-state index < -0.39 is 8.80 Å². The predicted molar refractivity (Wildman–Crippen MR) is 78.4 cm³/mol. The molecule has 2 bridgehead atoms. The molecule has 6 heteroatoms. The predicted octanol–water partition coefficient (Wildman–Crippen LogP) is 1.36. The van der Waals surface area contributed by atoms with Gasteiger partial charge < -0.3 is 13.3 Å². The number of hydrogen-bond acceptors (Lipinski definition) is 4. The summed E-state index contributed by atoms with van der Waals surface area (Å²) in [5.74, 6) is 0. The van der Waals surface area contributed by atoms with Crippen LogP contribution in [0, 0.1) is 0 Å². The van der Waals surface area contributed by atoms with Gasteiger partial charge in [0.1, 0.15) is 0 Å². The van der Waals surface area contributed by atoms with Crippen LogP contribution in [0.5, 0.6) is 0 Å². The highest BCUT2D eigenvalue weighted by atomic mass is 79.9. The molecule has 0 aromatic heterocycles. The third-order valence-corrected chi connectivity index (χ3v) is 6.83. The molecule has 3 aliphatic rings. The molecule has 4 rings (SSSR count). The van der Waals surface area contributed by atoms with Crippen molar-refractivity contribution in [2.75, 3.05) is 39.5 Å². The molecule has 0 N–H and O–H groups in total. The quantitative estimate of drug-likeness (QED) is 0.720. The summed E-state index contributed by atoms with van der Waals surface area (Å²) in [4.78, 5) is 2.38. The Hall–Kier alpha value is -0.243. The van der Waals surface area contributed by atoms with E-state index >= 15 is 0 Å². The van der Waals surface area contributed by atoms with Crippen molar-refractivity contribution in [1.29, 1.82) is 0 Å². The number of rotatable bonds is 1. The van der Waals surface area contributed by atoms with Gasteiger partial charge >= 0.3 is 8.80 Å². The first-order valence-corrected chi connectivity index (χ1v) is 9.21. The zero-order valence-corrected chi connectivity index (χ0v) is 13.4. The van der Waals surface area contributed by atoms with Gasteiger partial charge in [-0.3, -0.25) is 4.90 Å². The fourth-order valence-electron chi connectivity index (χ4n) is 2.48. The second-order valence-electron chi connectivity index (χ2n) is 4.80. The van der Waals surface area contributed by atoms with Crippen molar-refractivity contribution in [1.82, 2.24) is 4.90 Å². The summed E-state index contributed by atoms with van der Waals surface area (Å²) in [6.07, 6.45) is 1.04. The normalized spacial score (nSPS) is 32.2. The molecule has 0 amide bonds. The van der Waals surface area contributed by atoms with Gasteiger partial charge in [-0.05, 0) is 18.6 Å². The van der Waals surface area contributed by atoms with E-state index in [0.29, 0.717) is 19.8 Å². The van der Waals surface area contributed by atoms with Gasteiger partial charge in [0, 0.05) is 35.9 Å². The first kappa shape index (κ1) is 13.7. The van der Waals surface area contributed by atoms with Crippen molar-refractivity contribution in [3.8, 4) is 0 Å². The zero-order chi connectivity index (χ0) is 13.1. The van der Waals surface area contributed by atoms with E-state index in [4.69, 9.17) is 13.3 Å². The Labute approximate surface area is 123 Å². The van der Waals surface area contributed by atoms with E-state index in [9.17, 15) is 0 Å². The van der Waals surface area contributed by atoms with E-state index in [2.05, 4.69) is 20.8 Å². The fourth-order valence-corrected chi connectivity index (χ4v) is 5.20. The van der Waals surface area contributed by atoms with Gasteiger partial charge in [0.15, 0.2) is 0 Å². The van der Waals surface area contributed by atoms with Crippen molar-refractivity contribution in [2.45, 2.75) is 6.42 Å². The minimum atomic E-state index is -2.71. The highest BCUT2D eigenvalue weighted by Crippen LogP contribution is 2.17. The molecule has 0 atom stereocenters. The van der Waals surface area contributed by atoms with Crippen molar-refractivity contribution >= 4 is 29.9 Å². The second-order valence-corrected chi connectivity index (χ2v) is 8.28. The molecule has 19 heavy (non-hydrogen) atoms. The number of hydrogen-bond donors (Lipinski definition) is 0. The van der Waals surface area contributed by atoms with E-state index in [-0.39, 0.29) is 0 Å². The maximum Gasteiger partial charge on any atom is 0.537 e. The topological polar surface area (TPSA) is 30.9 Å². The third-order valence-electron chi connectivity index (χ3n) is 3.51. The summed E-state index contributed by atoms with van der Waals surface area (Å²) in [5.41, 5.74) is 0. The fraction of sp³-hybridized carbons (Fsp3) is 0.538. The van der Waals surface area contributed by atoms with Gasteiger partial charge in [0.25, 0.3) is 0 Å². The summed E-state index contributed by atoms with van der Waals surface area (Å²) in [6.45, 7) is 5.08. The number of fused-ring (bicyclic) bond motifs is 7. The van der Waals surface area contributed by atoms with Gasteiger partial charge in [-0.1, -0.05) is 28.1 Å². The van der Waals surface area contributed by atoms with E-state index in [1.807, 2.05) is 24.3 Å². The maximum absolute atomic E-state index is 6.10. The van der Waals surface area contributed by atoms with Crippen molar-refractivity contribution in [3.05, 3.63) is 28.7 Å². The average molecular weight is 344 g/mol. The molecule has 0 saturated carbocycles. The third kappa shape index (κ3) is 3.09. The Morgan fingerprint density at radius 1 is 0.895 bits per heavy atom. The Morgan fingerprint density at radius 2 is 1.53 bits per heavy atom. The molecule has 0 unspecified atom stereocenters. The molecular formula is C13H18BrNO3Si. The van der Waals surface area contributed by atoms with Gasteiger partial charge in [-0.2, -0.15) is 0 Å². The second kappa shape index (κ2) is 6.03. The summed E-state index contributed by atoms with van der Waals surface area (Å²) in [7, 11) is -2.71. The number of nitrogens with zero attached hydrogens (tertiary/aromatic N) is 1. The van der Waals surface area contributed by atoms with Gasteiger partial charge in [0.05, 0.1) is 13.2 Å². The number of halogens is 1. The molecule has 1 aromatic carbocycles. The molecule has 3 fully saturated rings. The monoisotopic (exact) mass is 343 g/mol. The summed E-state index contributed by atoms with van der Waals surface area (Å²) >= 11 is 3.46. The van der Waals surface area contributed by atoms with Crippen LogP contribution in [0.1, 0.15) is 6.42 Å². The Kier molecular flexibility index (Phi) is 4.36. The molecular weight excluding hydrogens is 326 g/mol. The highest BCUT2D eigenvalue weighted by Gasteiger charge is 2.45. The maximum atomic E-state index is 6.10. The lowest BCUT2D eigenvalue weighted by Gasteiger charge is -2.32. The van der Waals surface area contributed by atoms with Gasteiger partial charge in [0.2, 0.25) is 0 Å². The average Bonchev–Trinajstić information content (AvgIpc) is 2.55. The lowest BCUT2D eigenvalue weighted by Crippen LogP contribution is -2.58. The van der Waals surface area contributed by atoms with Crippen LogP contribution in [0.3, 0.4) is 0 Å². The van der Waals surface area contributed by atoms with Crippen LogP contribution in [0.4, 0.5) is 0 Å². The lowest BCUT2D eigenvalue weighted by molar-refractivity contribution is 0.0533. The molecule has 0 spiro atoms. The Balaban J connectivity index is 1.91. The van der Waals surface area contributed by atoms with Gasteiger partial charge in [-0.15, -0.1) is 0 Å². The standard InChI is InChI=1S/C13H18BrNO3Si/c14-12-2-4-13(5-3-12)19-16-9-1-6-15(7-10-17-19)8-11-18-19/h2-5H,1,6-11H2. The largest absolute Gasteiger partial charge is 0.537 e. The molecule has 3 heterocycles. The Morgan fingerprint density at radius 3 is 2.21 bits per heavy atom.